The van der Waals surface area contributed by atoms with Crippen molar-refractivity contribution >= 4 is 28.5 Å². The monoisotopic (exact) mass is 398 g/mol. The Morgan fingerprint density at radius 2 is 1.71 bits per heavy atom. The first kappa shape index (κ1) is 14.0. The molecule has 0 bridgehead atoms. The van der Waals surface area contributed by atoms with Crippen LogP contribution in [-0.4, -0.2) is 5.16 Å². The van der Waals surface area contributed by atoms with Crippen LogP contribution in [0.1, 0.15) is 0 Å². The van der Waals surface area contributed by atoms with Crippen LogP contribution in [0.25, 0.3) is 22.4 Å². The Bertz CT molecular complexity index is 797. The Hall–Kier alpha value is -1.96. The fraction of sp³-hybridized carbons (Fsp3) is 0. The van der Waals surface area contributed by atoms with Gasteiger partial charge in [-0.3, -0.25) is 0 Å². The number of benzene rings is 2. The summed E-state index contributed by atoms with van der Waals surface area (Å²) in [6.07, 6.45) is 0. The molecule has 2 N–H and O–H groups in total. The highest BCUT2D eigenvalue weighted by Crippen LogP contribution is 2.37. The Morgan fingerprint density at radius 1 is 1.00 bits per heavy atom. The maximum atomic E-state index is 13.4. The molecular formula is C15H9F2IN2O. The Morgan fingerprint density at radius 3 is 2.38 bits per heavy atom. The number of halogens is 3. The molecule has 0 aliphatic carbocycles. The highest BCUT2D eigenvalue weighted by Gasteiger charge is 2.18. The SMILES string of the molecule is Nc1onc(-c2cccc(I)c2)c1-c1cc(F)cc(F)c1. The second kappa shape index (κ2) is 5.44. The van der Waals surface area contributed by atoms with Gasteiger partial charge in [0.05, 0.1) is 5.56 Å². The molecule has 3 aromatic rings. The number of nitrogens with zero attached hydrogens (tertiary/aromatic N) is 1. The lowest BCUT2D eigenvalue weighted by Gasteiger charge is -2.04. The molecule has 0 aliphatic heterocycles. The van der Waals surface area contributed by atoms with Crippen LogP contribution in [0.3, 0.4) is 0 Å². The van der Waals surface area contributed by atoms with Crippen LogP contribution in [0.15, 0.2) is 47.0 Å². The van der Waals surface area contributed by atoms with Crippen LogP contribution >= 0.6 is 22.6 Å². The summed E-state index contributed by atoms with van der Waals surface area (Å²) in [5, 5.41) is 3.91. The average molecular weight is 398 g/mol. The van der Waals surface area contributed by atoms with Crippen LogP contribution in [0, 0.1) is 15.2 Å². The van der Waals surface area contributed by atoms with Crippen LogP contribution in [0.4, 0.5) is 14.7 Å². The molecule has 0 spiro atoms. The van der Waals surface area contributed by atoms with E-state index in [1.54, 1.807) is 0 Å². The minimum Gasteiger partial charge on any atom is -0.367 e. The van der Waals surface area contributed by atoms with Gasteiger partial charge in [-0.05, 0) is 52.4 Å². The molecule has 106 valence electrons. The highest BCUT2D eigenvalue weighted by molar-refractivity contribution is 14.1. The maximum absolute atomic E-state index is 13.4. The third-order valence-corrected chi connectivity index (χ3v) is 3.64. The summed E-state index contributed by atoms with van der Waals surface area (Å²) in [5.41, 5.74) is 7.67. The van der Waals surface area contributed by atoms with Gasteiger partial charge in [-0.15, -0.1) is 0 Å². The van der Waals surface area contributed by atoms with Gasteiger partial charge in [0.15, 0.2) is 0 Å². The average Bonchev–Trinajstić information content (AvgIpc) is 2.79. The van der Waals surface area contributed by atoms with Crippen molar-refractivity contribution in [2.45, 2.75) is 0 Å². The van der Waals surface area contributed by atoms with E-state index in [1.807, 2.05) is 24.3 Å². The molecule has 0 saturated heterocycles. The Balaban J connectivity index is 2.22. The van der Waals surface area contributed by atoms with Gasteiger partial charge in [0, 0.05) is 15.2 Å². The third-order valence-electron chi connectivity index (χ3n) is 2.97. The predicted molar refractivity (Wildman–Crippen MR) is 84.4 cm³/mol. The molecule has 3 nitrogen and oxygen atoms in total. The van der Waals surface area contributed by atoms with E-state index in [0.29, 0.717) is 16.8 Å². The van der Waals surface area contributed by atoms with Gasteiger partial charge < -0.3 is 10.3 Å². The van der Waals surface area contributed by atoms with Gasteiger partial charge in [-0.25, -0.2) is 8.78 Å². The van der Waals surface area contributed by atoms with Crippen molar-refractivity contribution in [2.75, 3.05) is 5.73 Å². The molecule has 1 aromatic heterocycles. The topological polar surface area (TPSA) is 52.0 Å². The molecule has 3 rings (SSSR count). The first-order valence-electron chi connectivity index (χ1n) is 6.02. The number of hydrogen-bond donors (Lipinski definition) is 1. The standard InChI is InChI=1S/C15H9F2IN2O/c16-10-4-9(5-11(17)7-10)13-14(20-21-15(13)19)8-2-1-3-12(18)6-8/h1-7H,19H2. The highest BCUT2D eigenvalue weighted by atomic mass is 127. The first-order valence-corrected chi connectivity index (χ1v) is 7.10. The zero-order chi connectivity index (χ0) is 15.0. The lowest BCUT2D eigenvalue weighted by atomic mass is 10.0. The zero-order valence-electron chi connectivity index (χ0n) is 10.6. The summed E-state index contributed by atoms with van der Waals surface area (Å²) in [7, 11) is 0. The van der Waals surface area contributed by atoms with E-state index >= 15 is 0 Å². The molecule has 0 aliphatic rings. The molecule has 0 atom stereocenters. The fourth-order valence-corrected chi connectivity index (χ4v) is 2.66. The minimum absolute atomic E-state index is 0.0221. The Kier molecular flexibility index (Phi) is 3.62. The number of nitrogens with two attached hydrogens (primary N) is 1. The minimum atomic E-state index is -0.681. The predicted octanol–water partition coefficient (Wildman–Crippen LogP) is 4.47. The smallest absolute Gasteiger partial charge is 0.230 e. The van der Waals surface area contributed by atoms with Gasteiger partial charge >= 0.3 is 0 Å². The van der Waals surface area contributed by atoms with Crippen LogP contribution < -0.4 is 5.73 Å². The van der Waals surface area contributed by atoms with Gasteiger partial charge in [0.2, 0.25) is 5.88 Å². The summed E-state index contributed by atoms with van der Waals surface area (Å²) in [4.78, 5) is 0. The van der Waals surface area contributed by atoms with Gasteiger partial charge in [0.1, 0.15) is 17.3 Å². The molecule has 2 aromatic carbocycles. The van der Waals surface area contributed by atoms with Crippen LogP contribution in [-0.2, 0) is 0 Å². The number of aromatic nitrogens is 1. The number of rotatable bonds is 2. The molecular weight excluding hydrogens is 389 g/mol. The second-order valence-corrected chi connectivity index (χ2v) is 5.68. The van der Waals surface area contributed by atoms with E-state index in [2.05, 4.69) is 27.7 Å². The van der Waals surface area contributed by atoms with Crippen molar-refractivity contribution in [3.63, 3.8) is 0 Å². The van der Waals surface area contributed by atoms with Crippen molar-refractivity contribution in [3.8, 4) is 22.4 Å². The van der Waals surface area contributed by atoms with Crippen molar-refractivity contribution in [1.82, 2.24) is 5.16 Å². The van der Waals surface area contributed by atoms with E-state index in [9.17, 15) is 8.78 Å². The molecule has 6 heteroatoms. The van der Waals surface area contributed by atoms with E-state index in [0.717, 1.165) is 15.2 Å². The molecule has 1 heterocycles. The zero-order valence-corrected chi connectivity index (χ0v) is 12.8. The normalized spacial score (nSPS) is 10.8. The summed E-state index contributed by atoms with van der Waals surface area (Å²) in [5.74, 6) is -1.34. The quantitative estimate of drug-likeness (QED) is 0.648. The Labute approximate surface area is 132 Å². The number of hydrogen-bond acceptors (Lipinski definition) is 3. The van der Waals surface area contributed by atoms with Gasteiger partial charge in [-0.1, -0.05) is 17.3 Å². The molecule has 0 fully saturated rings. The van der Waals surface area contributed by atoms with E-state index in [-0.39, 0.29) is 5.88 Å². The molecule has 0 radical (unpaired) electrons. The van der Waals surface area contributed by atoms with E-state index in [1.165, 1.54) is 12.1 Å². The first-order chi connectivity index (χ1) is 10.0. The van der Waals surface area contributed by atoms with Crippen molar-refractivity contribution in [2.24, 2.45) is 0 Å². The second-order valence-electron chi connectivity index (χ2n) is 4.44. The number of nitrogen functional groups attached to an aromatic ring is 1. The summed E-state index contributed by atoms with van der Waals surface area (Å²) >= 11 is 2.17. The van der Waals surface area contributed by atoms with Crippen molar-refractivity contribution in [3.05, 3.63) is 57.7 Å². The van der Waals surface area contributed by atoms with Crippen molar-refractivity contribution in [1.29, 1.82) is 0 Å². The summed E-state index contributed by atoms with van der Waals surface area (Å²) in [6, 6.07) is 10.7. The van der Waals surface area contributed by atoms with E-state index < -0.39 is 11.6 Å². The summed E-state index contributed by atoms with van der Waals surface area (Å²) < 4.78 is 32.8. The molecule has 0 unspecified atom stereocenters. The van der Waals surface area contributed by atoms with Crippen LogP contribution in [0.5, 0.6) is 0 Å². The molecule has 21 heavy (non-hydrogen) atoms. The third kappa shape index (κ3) is 2.76. The van der Waals surface area contributed by atoms with Crippen LogP contribution in [0.2, 0.25) is 0 Å². The lowest BCUT2D eigenvalue weighted by molar-refractivity contribution is 0.439. The van der Waals surface area contributed by atoms with Gasteiger partial charge in [0.25, 0.3) is 0 Å². The molecule has 0 saturated carbocycles. The largest absolute Gasteiger partial charge is 0.367 e. The van der Waals surface area contributed by atoms with Crippen molar-refractivity contribution < 1.29 is 13.3 Å². The molecule has 0 amide bonds. The lowest BCUT2D eigenvalue weighted by Crippen LogP contribution is -1.90. The van der Waals surface area contributed by atoms with Gasteiger partial charge in [-0.2, -0.15) is 0 Å². The fourth-order valence-electron chi connectivity index (χ4n) is 2.11. The van der Waals surface area contributed by atoms with E-state index in [4.69, 9.17) is 10.3 Å². The summed E-state index contributed by atoms with van der Waals surface area (Å²) in [6.45, 7) is 0. The number of anilines is 1. The maximum Gasteiger partial charge on any atom is 0.230 e.